The van der Waals surface area contributed by atoms with E-state index in [4.69, 9.17) is 0 Å². The highest BCUT2D eigenvalue weighted by atomic mass is 16.2. The smallest absolute Gasteiger partial charge is 0.323 e. The zero-order valence-electron chi connectivity index (χ0n) is 14.2. The Kier molecular flexibility index (Phi) is 3.96. The molecule has 124 valence electrons. The summed E-state index contributed by atoms with van der Waals surface area (Å²) in [7, 11) is 0. The molecule has 5 nitrogen and oxygen atoms in total. The molecule has 3 amide bonds. The number of likely N-dealkylation sites (tertiary alicyclic amines) is 1. The van der Waals surface area contributed by atoms with Crippen molar-refractivity contribution in [1.82, 2.24) is 15.1 Å². The first-order chi connectivity index (χ1) is 10.3. The van der Waals surface area contributed by atoms with Gasteiger partial charge in [0, 0.05) is 0 Å². The fourth-order valence-electron chi connectivity index (χ4n) is 4.94. The van der Waals surface area contributed by atoms with Crippen LogP contribution in [0.5, 0.6) is 0 Å². The highest BCUT2D eigenvalue weighted by molar-refractivity contribution is 6.07. The van der Waals surface area contributed by atoms with Crippen molar-refractivity contribution in [3.8, 4) is 0 Å². The predicted molar refractivity (Wildman–Crippen MR) is 85.2 cm³/mol. The number of urea groups is 1. The maximum atomic E-state index is 13.0. The molecule has 3 aliphatic rings. The monoisotopic (exact) mass is 307 g/mol. The first kappa shape index (κ1) is 15.8. The Morgan fingerprint density at radius 1 is 1.14 bits per heavy atom. The summed E-state index contributed by atoms with van der Waals surface area (Å²) in [5.41, 5.74) is -0.560. The molecule has 1 aliphatic carbocycles. The zero-order valence-corrected chi connectivity index (χ0v) is 14.2. The van der Waals surface area contributed by atoms with E-state index < -0.39 is 5.54 Å². The Balaban J connectivity index is 1.75. The van der Waals surface area contributed by atoms with Gasteiger partial charge in [-0.2, -0.15) is 0 Å². The maximum absolute atomic E-state index is 13.0. The minimum atomic E-state index is -0.659. The Morgan fingerprint density at radius 2 is 1.82 bits per heavy atom. The van der Waals surface area contributed by atoms with Gasteiger partial charge in [0.05, 0.1) is 6.67 Å². The van der Waals surface area contributed by atoms with Crippen LogP contribution in [0, 0.1) is 11.3 Å². The number of amides is 3. The van der Waals surface area contributed by atoms with Gasteiger partial charge >= 0.3 is 6.03 Å². The second-order valence-electron chi connectivity index (χ2n) is 8.42. The third-order valence-electron chi connectivity index (χ3n) is 5.41. The van der Waals surface area contributed by atoms with Crippen LogP contribution in [0.4, 0.5) is 4.79 Å². The van der Waals surface area contributed by atoms with Gasteiger partial charge < -0.3 is 5.32 Å². The van der Waals surface area contributed by atoms with Crippen LogP contribution in [0.1, 0.15) is 59.3 Å². The Hall–Kier alpha value is -1.10. The molecule has 1 N–H and O–H groups in total. The number of imide groups is 1. The van der Waals surface area contributed by atoms with Crippen molar-refractivity contribution in [2.24, 2.45) is 11.3 Å². The van der Waals surface area contributed by atoms with Crippen LogP contribution >= 0.6 is 0 Å². The van der Waals surface area contributed by atoms with E-state index in [1.807, 2.05) is 0 Å². The van der Waals surface area contributed by atoms with E-state index in [0.29, 0.717) is 12.6 Å². The summed E-state index contributed by atoms with van der Waals surface area (Å²) < 4.78 is 0. The van der Waals surface area contributed by atoms with Crippen LogP contribution < -0.4 is 5.32 Å². The fraction of sp³-hybridized carbons (Fsp3) is 0.882. The van der Waals surface area contributed by atoms with Gasteiger partial charge in [-0.25, -0.2) is 9.69 Å². The van der Waals surface area contributed by atoms with Crippen LogP contribution in [-0.2, 0) is 4.79 Å². The molecule has 1 spiro atoms. The molecular weight excluding hydrogens is 278 g/mol. The minimum Gasteiger partial charge on any atom is -0.323 e. The number of carbonyl (C=O) groups excluding carboxylic acids is 2. The number of hydrogen-bond donors (Lipinski definition) is 1. The molecule has 0 bridgehead atoms. The molecule has 5 heteroatoms. The molecule has 3 fully saturated rings. The predicted octanol–water partition coefficient (Wildman–Crippen LogP) is 2.57. The van der Waals surface area contributed by atoms with Gasteiger partial charge in [-0.1, -0.05) is 27.2 Å². The first-order valence-electron chi connectivity index (χ1n) is 8.68. The van der Waals surface area contributed by atoms with Gasteiger partial charge in [0.25, 0.3) is 5.91 Å². The topological polar surface area (TPSA) is 52.7 Å². The molecule has 2 atom stereocenters. The van der Waals surface area contributed by atoms with Crippen molar-refractivity contribution >= 4 is 11.9 Å². The van der Waals surface area contributed by atoms with E-state index >= 15 is 0 Å². The average molecular weight is 307 g/mol. The number of rotatable bonds is 2. The van der Waals surface area contributed by atoms with Crippen molar-refractivity contribution in [2.45, 2.75) is 64.8 Å². The van der Waals surface area contributed by atoms with E-state index in [1.165, 1.54) is 24.2 Å². The average Bonchev–Trinajstić information content (AvgIpc) is 2.61. The quantitative estimate of drug-likeness (QED) is 0.798. The van der Waals surface area contributed by atoms with Gasteiger partial charge in [0.1, 0.15) is 5.54 Å². The molecular formula is C17H29N3O2. The standard InChI is InChI=1S/C17H29N3O2/c1-13-9-16(2,3)11-17(10-13)14(21)20(15(22)18-17)12-19-7-5-4-6-8-19/h13H,4-12H2,1-3H3,(H,18,22)/t13-,17+/m1/s1. The maximum Gasteiger partial charge on any atom is 0.326 e. The lowest BCUT2D eigenvalue weighted by Gasteiger charge is -2.44. The molecule has 0 aromatic heterocycles. The molecule has 2 aliphatic heterocycles. The van der Waals surface area contributed by atoms with Gasteiger partial charge in [-0.15, -0.1) is 0 Å². The molecule has 3 rings (SSSR count). The largest absolute Gasteiger partial charge is 0.326 e. The van der Waals surface area contributed by atoms with E-state index in [-0.39, 0.29) is 17.4 Å². The first-order valence-corrected chi connectivity index (χ1v) is 8.68. The molecule has 22 heavy (non-hydrogen) atoms. The normalized spacial score (nSPS) is 36.0. The summed E-state index contributed by atoms with van der Waals surface area (Å²) in [4.78, 5) is 29.1. The molecule has 0 radical (unpaired) electrons. The Morgan fingerprint density at radius 3 is 2.45 bits per heavy atom. The van der Waals surface area contributed by atoms with E-state index in [9.17, 15) is 9.59 Å². The van der Waals surface area contributed by atoms with Crippen molar-refractivity contribution < 1.29 is 9.59 Å². The number of carbonyl (C=O) groups is 2. The van der Waals surface area contributed by atoms with Crippen molar-refractivity contribution in [3.05, 3.63) is 0 Å². The molecule has 1 saturated carbocycles. The summed E-state index contributed by atoms with van der Waals surface area (Å²) in [5, 5.41) is 3.06. The SMILES string of the molecule is C[C@@H]1CC(C)(C)C[C@]2(C1)NC(=O)N(CN1CCCCC1)C2=O. The number of nitrogens with zero attached hydrogens (tertiary/aromatic N) is 2. The van der Waals surface area contributed by atoms with Crippen LogP contribution in [-0.4, -0.2) is 47.0 Å². The molecule has 2 heterocycles. The summed E-state index contributed by atoms with van der Waals surface area (Å²) in [6, 6.07) is -0.194. The third kappa shape index (κ3) is 2.87. The summed E-state index contributed by atoms with van der Waals surface area (Å²) in [5.74, 6) is 0.464. The Labute approximate surface area is 133 Å². The molecule has 0 unspecified atom stereocenters. The summed E-state index contributed by atoms with van der Waals surface area (Å²) in [6.45, 7) is 9.04. The van der Waals surface area contributed by atoms with Crippen molar-refractivity contribution in [3.63, 3.8) is 0 Å². The second-order valence-corrected chi connectivity index (χ2v) is 8.42. The van der Waals surface area contributed by atoms with Gasteiger partial charge in [-0.3, -0.25) is 9.69 Å². The van der Waals surface area contributed by atoms with Crippen LogP contribution in [0.2, 0.25) is 0 Å². The number of hydrogen-bond acceptors (Lipinski definition) is 3. The lowest BCUT2D eigenvalue weighted by Crippen LogP contribution is -2.54. The lowest BCUT2D eigenvalue weighted by atomic mass is 9.64. The Bertz CT molecular complexity index is 471. The van der Waals surface area contributed by atoms with Crippen molar-refractivity contribution in [1.29, 1.82) is 0 Å². The second kappa shape index (κ2) is 5.52. The fourth-order valence-corrected chi connectivity index (χ4v) is 4.94. The van der Waals surface area contributed by atoms with Gasteiger partial charge in [0.15, 0.2) is 0 Å². The molecule has 0 aromatic rings. The van der Waals surface area contributed by atoms with Crippen molar-refractivity contribution in [2.75, 3.05) is 19.8 Å². The number of piperidine rings is 1. The lowest BCUT2D eigenvalue weighted by molar-refractivity contribution is -0.136. The highest BCUT2D eigenvalue weighted by Gasteiger charge is 2.56. The van der Waals surface area contributed by atoms with Crippen LogP contribution in [0.3, 0.4) is 0 Å². The zero-order chi connectivity index (χ0) is 16.0. The molecule has 2 saturated heterocycles. The van der Waals surface area contributed by atoms with E-state index in [2.05, 4.69) is 31.0 Å². The summed E-state index contributed by atoms with van der Waals surface area (Å²) in [6.07, 6.45) is 6.23. The van der Waals surface area contributed by atoms with Gasteiger partial charge in [0.2, 0.25) is 0 Å². The third-order valence-corrected chi connectivity index (χ3v) is 5.41. The van der Waals surface area contributed by atoms with E-state index in [1.54, 1.807) is 0 Å². The highest BCUT2D eigenvalue weighted by Crippen LogP contribution is 2.46. The van der Waals surface area contributed by atoms with Gasteiger partial charge in [-0.05, 0) is 56.5 Å². The van der Waals surface area contributed by atoms with Crippen LogP contribution in [0.15, 0.2) is 0 Å². The van der Waals surface area contributed by atoms with Crippen LogP contribution in [0.25, 0.3) is 0 Å². The number of nitrogens with one attached hydrogen (secondary N) is 1. The molecule has 0 aromatic carbocycles. The summed E-state index contributed by atoms with van der Waals surface area (Å²) >= 11 is 0. The minimum absolute atomic E-state index is 0.00250. The van der Waals surface area contributed by atoms with E-state index in [0.717, 1.165) is 32.4 Å².